The van der Waals surface area contributed by atoms with Gasteiger partial charge >= 0.3 is 0 Å². The third kappa shape index (κ3) is 2.52. The Morgan fingerprint density at radius 3 is 2.22 bits per heavy atom. The summed E-state index contributed by atoms with van der Waals surface area (Å²) in [4.78, 5) is 12.5. The smallest absolute Gasteiger partial charge is 0.188 e. The lowest BCUT2D eigenvalue weighted by atomic mass is 10.2. The van der Waals surface area contributed by atoms with E-state index in [1.165, 1.54) is 5.56 Å². The highest BCUT2D eigenvalue weighted by atomic mass is 16.5. The minimum Gasteiger partial charge on any atom is -0.493 e. The third-order valence-electron chi connectivity index (χ3n) is 4.22. The first-order valence-electron chi connectivity index (χ1n) is 7.89. The second-order valence-corrected chi connectivity index (χ2v) is 5.78. The van der Waals surface area contributed by atoms with Gasteiger partial charge in [-0.2, -0.15) is 0 Å². The van der Waals surface area contributed by atoms with Gasteiger partial charge in [-0.1, -0.05) is 23.8 Å². The summed E-state index contributed by atoms with van der Waals surface area (Å²) in [5, 5.41) is 1.64. The van der Waals surface area contributed by atoms with E-state index in [1.54, 1.807) is 12.1 Å². The van der Waals surface area contributed by atoms with E-state index in [0.29, 0.717) is 6.61 Å². The quantitative estimate of drug-likeness (QED) is 0.722. The Kier molecular flexibility index (Phi) is 3.95. The molecular weight excluding hydrogens is 286 g/mol. The molecule has 3 nitrogen and oxygen atoms in total. The molecule has 1 heterocycles. The van der Waals surface area contributed by atoms with E-state index in [2.05, 4.69) is 35.8 Å². The monoisotopic (exact) mass is 307 g/mol. The fourth-order valence-corrected chi connectivity index (χ4v) is 3.19. The molecule has 0 spiro atoms. The average Bonchev–Trinajstić information content (AvgIpc) is 2.67. The molecule has 118 valence electrons. The normalized spacial score (nSPS) is 11.0. The number of fused-ring (bicyclic) bond motifs is 1. The Morgan fingerprint density at radius 2 is 1.57 bits per heavy atom. The molecule has 0 radical (unpaired) electrons. The molecule has 0 aliphatic heterocycles. The molecule has 0 bridgehead atoms. The molecule has 3 heteroatoms. The summed E-state index contributed by atoms with van der Waals surface area (Å²) in [6.45, 7) is 8.62. The predicted octanol–water partition coefficient (Wildman–Crippen LogP) is 4.31. The standard InChI is InChI=1S/C20H21NO2/c1-5-23-18-8-6-7-17(22)19-14(3)21(15(4)20(18)19)16-11-9-13(2)10-12-16/h6-12H,5H2,1-4H3. The highest BCUT2D eigenvalue weighted by molar-refractivity contribution is 5.93. The van der Waals surface area contributed by atoms with Gasteiger partial charge in [0.25, 0.3) is 0 Å². The Balaban J connectivity index is 2.42. The van der Waals surface area contributed by atoms with Gasteiger partial charge in [0.1, 0.15) is 5.75 Å². The highest BCUT2D eigenvalue weighted by Gasteiger charge is 2.17. The van der Waals surface area contributed by atoms with Crippen molar-refractivity contribution in [2.24, 2.45) is 0 Å². The van der Waals surface area contributed by atoms with Crippen molar-refractivity contribution in [1.29, 1.82) is 0 Å². The van der Waals surface area contributed by atoms with Crippen molar-refractivity contribution in [1.82, 2.24) is 4.57 Å². The van der Waals surface area contributed by atoms with Crippen LogP contribution in [0.4, 0.5) is 0 Å². The number of aromatic nitrogens is 1. The highest BCUT2D eigenvalue weighted by Crippen LogP contribution is 2.32. The molecular formula is C20H21NO2. The molecule has 2 aromatic carbocycles. The van der Waals surface area contributed by atoms with Crippen molar-refractivity contribution in [3.05, 3.63) is 69.6 Å². The molecule has 1 aromatic heterocycles. The largest absolute Gasteiger partial charge is 0.493 e. The Labute approximate surface area is 136 Å². The summed E-state index contributed by atoms with van der Waals surface area (Å²) in [7, 11) is 0. The van der Waals surface area contributed by atoms with Crippen LogP contribution in [-0.4, -0.2) is 11.2 Å². The van der Waals surface area contributed by atoms with E-state index in [9.17, 15) is 4.79 Å². The van der Waals surface area contributed by atoms with E-state index in [1.807, 2.05) is 26.8 Å². The number of hydrogen-bond acceptors (Lipinski definition) is 2. The van der Waals surface area contributed by atoms with E-state index in [4.69, 9.17) is 4.74 Å². The van der Waals surface area contributed by atoms with Crippen LogP contribution in [0.1, 0.15) is 23.9 Å². The molecule has 3 rings (SSSR count). The molecule has 0 saturated heterocycles. The van der Waals surface area contributed by atoms with E-state index in [0.717, 1.165) is 33.6 Å². The number of aryl methyl sites for hydroxylation is 3. The lowest BCUT2D eigenvalue weighted by Crippen LogP contribution is -2.01. The predicted molar refractivity (Wildman–Crippen MR) is 94.9 cm³/mol. The van der Waals surface area contributed by atoms with Crippen molar-refractivity contribution in [2.75, 3.05) is 6.61 Å². The Bertz CT molecular complexity index is 921. The van der Waals surface area contributed by atoms with Crippen LogP contribution in [0.3, 0.4) is 0 Å². The van der Waals surface area contributed by atoms with Gasteiger partial charge in [-0.15, -0.1) is 0 Å². The maximum absolute atomic E-state index is 12.5. The topological polar surface area (TPSA) is 31.2 Å². The van der Waals surface area contributed by atoms with E-state index in [-0.39, 0.29) is 5.43 Å². The Morgan fingerprint density at radius 1 is 0.913 bits per heavy atom. The molecule has 0 aliphatic carbocycles. The van der Waals surface area contributed by atoms with Crippen molar-refractivity contribution in [3.63, 3.8) is 0 Å². The number of rotatable bonds is 3. The summed E-state index contributed by atoms with van der Waals surface area (Å²) in [6, 6.07) is 13.6. The zero-order valence-corrected chi connectivity index (χ0v) is 14.0. The summed E-state index contributed by atoms with van der Waals surface area (Å²) < 4.78 is 7.92. The van der Waals surface area contributed by atoms with Crippen molar-refractivity contribution >= 4 is 10.8 Å². The van der Waals surface area contributed by atoms with Crippen LogP contribution in [0.2, 0.25) is 0 Å². The second kappa shape index (κ2) is 5.92. The summed E-state index contributed by atoms with van der Waals surface area (Å²) in [5.41, 5.74) is 4.28. The minimum absolute atomic E-state index is 0.0254. The maximum Gasteiger partial charge on any atom is 0.188 e. The molecule has 0 fully saturated rings. The fourth-order valence-electron chi connectivity index (χ4n) is 3.19. The van der Waals surface area contributed by atoms with Gasteiger partial charge in [-0.05, 0) is 52.0 Å². The first-order valence-corrected chi connectivity index (χ1v) is 7.89. The Hall–Kier alpha value is -2.55. The van der Waals surface area contributed by atoms with Crippen LogP contribution in [-0.2, 0) is 0 Å². The lowest BCUT2D eigenvalue weighted by molar-refractivity contribution is 0.344. The first kappa shape index (κ1) is 15.3. The van der Waals surface area contributed by atoms with Crippen molar-refractivity contribution in [3.8, 4) is 11.4 Å². The lowest BCUT2D eigenvalue weighted by Gasteiger charge is -2.10. The second-order valence-electron chi connectivity index (χ2n) is 5.78. The van der Waals surface area contributed by atoms with Gasteiger partial charge in [0.05, 0.1) is 12.0 Å². The van der Waals surface area contributed by atoms with Gasteiger partial charge in [-0.25, -0.2) is 0 Å². The van der Waals surface area contributed by atoms with Crippen molar-refractivity contribution in [2.45, 2.75) is 27.7 Å². The van der Waals surface area contributed by atoms with Crippen molar-refractivity contribution < 1.29 is 4.74 Å². The molecule has 0 saturated carbocycles. The molecule has 3 aromatic rings. The zero-order chi connectivity index (χ0) is 16.6. The summed E-state index contributed by atoms with van der Waals surface area (Å²) in [6.07, 6.45) is 0. The third-order valence-corrected chi connectivity index (χ3v) is 4.22. The SMILES string of the molecule is CCOc1cccc(=O)c2c(C)n(-c3ccc(C)cc3)c(C)c12. The van der Waals surface area contributed by atoms with Gasteiger partial charge in [0, 0.05) is 22.5 Å². The van der Waals surface area contributed by atoms with Gasteiger partial charge < -0.3 is 9.30 Å². The minimum atomic E-state index is 0.0254. The van der Waals surface area contributed by atoms with Gasteiger partial charge in [-0.3, -0.25) is 4.79 Å². The molecule has 0 aliphatic rings. The fraction of sp³-hybridized carbons (Fsp3) is 0.250. The van der Waals surface area contributed by atoms with Crippen LogP contribution in [0, 0.1) is 20.8 Å². The molecule has 0 unspecified atom stereocenters. The first-order chi connectivity index (χ1) is 11.0. The van der Waals surface area contributed by atoms with Crippen LogP contribution in [0.25, 0.3) is 16.5 Å². The van der Waals surface area contributed by atoms with Gasteiger partial charge in [0.2, 0.25) is 0 Å². The van der Waals surface area contributed by atoms with Crippen LogP contribution >= 0.6 is 0 Å². The van der Waals surface area contributed by atoms with Crippen LogP contribution in [0.5, 0.6) is 5.75 Å². The maximum atomic E-state index is 12.5. The van der Waals surface area contributed by atoms with E-state index >= 15 is 0 Å². The van der Waals surface area contributed by atoms with Gasteiger partial charge in [0.15, 0.2) is 5.43 Å². The molecule has 23 heavy (non-hydrogen) atoms. The number of nitrogens with zero attached hydrogens (tertiary/aromatic N) is 1. The number of benzene rings is 1. The number of ether oxygens (including phenoxy) is 1. The van der Waals surface area contributed by atoms with Crippen LogP contribution < -0.4 is 10.2 Å². The summed E-state index contributed by atoms with van der Waals surface area (Å²) in [5.74, 6) is 0.760. The number of hydrogen-bond donors (Lipinski definition) is 0. The van der Waals surface area contributed by atoms with E-state index < -0.39 is 0 Å². The van der Waals surface area contributed by atoms with Crippen LogP contribution in [0.15, 0.2) is 47.3 Å². The summed E-state index contributed by atoms with van der Waals surface area (Å²) >= 11 is 0. The average molecular weight is 307 g/mol. The molecule has 0 N–H and O–H groups in total. The zero-order valence-electron chi connectivity index (χ0n) is 14.0. The molecule has 0 amide bonds. The molecule has 0 atom stereocenters.